The molecule has 374 valence electrons. The predicted octanol–water partition coefficient (Wildman–Crippen LogP) is 6.11. The summed E-state index contributed by atoms with van der Waals surface area (Å²) in [5.41, 5.74) is 1.86. The lowest BCUT2D eigenvalue weighted by molar-refractivity contribution is -0.393. The topological polar surface area (TPSA) is 209 Å². The van der Waals surface area contributed by atoms with E-state index in [1.54, 1.807) is 0 Å². The van der Waals surface area contributed by atoms with Crippen molar-refractivity contribution in [2.24, 2.45) is 0 Å². The second kappa shape index (κ2) is 36.0. The van der Waals surface area contributed by atoms with Crippen LogP contribution in [0.25, 0.3) is 0 Å². The SMILES string of the molecule is O=[N+]([O-])c1ccc(NCCOCCOCCOCCOCCOCCOCCOCCOCCOCCOCCOCCOC(c2ccccc2)(c2ccccc2)c2ccccc2)c([N+](=O)[O-])c1. The van der Waals surface area contributed by atoms with E-state index >= 15 is 0 Å². The highest BCUT2D eigenvalue weighted by molar-refractivity contribution is 5.65. The van der Waals surface area contributed by atoms with E-state index in [9.17, 15) is 20.2 Å². The number of non-ortho nitro benzene ring substituents is 1. The number of hydrogen-bond acceptors (Lipinski definition) is 17. The summed E-state index contributed by atoms with van der Waals surface area (Å²) < 4.78 is 67.8. The van der Waals surface area contributed by atoms with Crippen molar-refractivity contribution in [2.75, 3.05) is 164 Å². The van der Waals surface area contributed by atoms with E-state index < -0.39 is 15.4 Å². The Balaban J connectivity index is 0.826. The van der Waals surface area contributed by atoms with Gasteiger partial charge in [0.1, 0.15) is 11.3 Å². The highest BCUT2D eigenvalue weighted by Gasteiger charge is 2.37. The summed E-state index contributed by atoms with van der Waals surface area (Å²) in [5.74, 6) is 0. The van der Waals surface area contributed by atoms with Crippen LogP contribution < -0.4 is 5.32 Å². The molecule has 1 N–H and O–H groups in total. The summed E-state index contributed by atoms with van der Waals surface area (Å²) in [6.07, 6.45) is 0. The maximum absolute atomic E-state index is 11.2. The molecule has 4 aromatic rings. The van der Waals surface area contributed by atoms with Crippen LogP contribution in [-0.4, -0.2) is 168 Å². The van der Waals surface area contributed by atoms with Gasteiger partial charge >= 0.3 is 0 Å². The normalized spacial score (nSPS) is 11.5. The lowest BCUT2D eigenvalue weighted by Gasteiger charge is -2.36. The molecular weight excluding hydrogens is 887 g/mol. The summed E-state index contributed by atoms with van der Waals surface area (Å²) in [6, 6.07) is 34.3. The van der Waals surface area contributed by atoms with Crippen molar-refractivity contribution in [3.05, 3.63) is 146 Å². The van der Waals surface area contributed by atoms with E-state index in [1.807, 2.05) is 54.6 Å². The molecule has 0 saturated carbocycles. The Labute approximate surface area is 398 Å². The number of nitrogens with zero attached hydrogens (tertiary/aromatic N) is 2. The molecule has 0 atom stereocenters. The second-order valence-electron chi connectivity index (χ2n) is 14.5. The van der Waals surface area contributed by atoms with Crippen molar-refractivity contribution < 1.29 is 66.7 Å². The monoisotopic (exact) mass is 953 g/mol. The van der Waals surface area contributed by atoms with Gasteiger partial charge in [-0.3, -0.25) is 20.2 Å². The van der Waals surface area contributed by atoms with Crippen molar-refractivity contribution in [3.8, 4) is 0 Å². The molecule has 0 aliphatic rings. The van der Waals surface area contributed by atoms with E-state index in [2.05, 4.69) is 41.7 Å². The molecular formula is C49H67N3O16. The molecule has 4 aromatic carbocycles. The lowest BCUT2D eigenvalue weighted by Crippen LogP contribution is -2.34. The molecule has 4 rings (SSSR count). The standard InChI is InChI=1S/C49H67N3O16/c53-51(54)46-16-17-47(48(42-46)52(55)56)50-18-19-57-20-21-58-22-23-59-24-25-60-26-27-61-28-29-62-30-31-63-32-33-64-34-35-65-36-37-66-38-39-67-40-41-68-49(43-10-4-1-5-11-43,44-12-6-2-7-13-44)45-14-8-3-9-15-45/h1-17,42,50H,18-41H2. The van der Waals surface area contributed by atoms with Gasteiger partial charge in [0, 0.05) is 12.6 Å². The summed E-state index contributed by atoms with van der Waals surface area (Å²) in [4.78, 5) is 20.7. The third kappa shape index (κ3) is 22.4. The maximum atomic E-state index is 11.2. The Morgan fingerprint density at radius 2 is 0.662 bits per heavy atom. The zero-order valence-electron chi connectivity index (χ0n) is 38.8. The van der Waals surface area contributed by atoms with E-state index in [0.29, 0.717) is 145 Å². The molecule has 0 spiro atoms. The average molecular weight is 954 g/mol. The summed E-state index contributed by atoms with van der Waals surface area (Å²) in [6.45, 7) is 10.2. The largest absolute Gasteiger partial charge is 0.377 e. The maximum Gasteiger partial charge on any atom is 0.299 e. The Hall–Kier alpha value is -5.00. The van der Waals surface area contributed by atoms with E-state index in [0.717, 1.165) is 22.8 Å². The van der Waals surface area contributed by atoms with Crippen LogP contribution >= 0.6 is 0 Å². The first-order chi connectivity index (χ1) is 33.5. The van der Waals surface area contributed by atoms with Crippen LogP contribution in [0.3, 0.4) is 0 Å². The smallest absolute Gasteiger partial charge is 0.299 e. The number of anilines is 1. The van der Waals surface area contributed by atoms with Crippen LogP contribution in [0.2, 0.25) is 0 Å². The third-order valence-corrected chi connectivity index (χ3v) is 9.76. The van der Waals surface area contributed by atoms with Crippen LogP contribution in [0, 0.1) is 20.2 Å². The summed E-state index contributed by atoms with van der Waals surface area (Å²) in [7, 11) is 0. The zero-order valence-corrected chi connectivity index (χ0v) is 38.8. The highest BCUT2D eigenvalue weighted by atomic mass is 16.6. The second-order valence-corrected chi connectivity index (χ2v) is 14.5. The Bertz CT molecular complexity index is 1790. The molecule has 0 radical (unpaired) electrons. The number of nitro groups is 2. The van der Waals surface area contributed by atoms with Gasteiger partial charge in [0.25, 0.3) is 11.4 Å². The fourth-order valence-electron chi connectivity index (χ4n) is 6.52. The van der Waals surface area contributed by atoms with Crippen molar-refractivity contribution >= 4 is 17.1 Å². The van der Waals surface area contributed by atoms with Gasteiger partial charge in [-0.15, -0.1) is 0 Å². The first-order valence-electron chi connectivity index (χ1n) is 22.8. The lowest BCUT2D eigenvalue weighted by atomic mass is 9.80. The van der Waals surface area contributed by atoms with Crippen LogP contribution in [0.15, 0.2) is 109 Å². The summed E-state index contributed by atoms with van der Waals surface area (Å²) in [5, 5.41) is 24.9. The minimum atomic E-state index is -0.767. The van der Waals surface area contributed by atoms with Gasteiger partial charge in [0.05, 0.1) is 168 Å². The summed E-state index contributed by atoms with van der Waals surface area (Å²) >= 11 is 0. The minimum absolute atomic E-state index is 0.183. The molecule has 0 aromatic heterocycles. The molecule has 0 bridgehead atoms. The average Bonchev–Trinajstić information content (AvgIpc) is 3.37. The van der Waals surface area contributed by atoms with E-state index in [-0.39, 0.29) is 30.2 Å². The first kappa shape index (κ1) is 55.6. The quantitative estimate of drug-likeness (QED) is 0.0230. The van der Waals surface area contributed by atoms with Gasteiger partial charge in [0.15, 0.2) is 0 Å². The molecule has 0 aliphatic heterocycles. The molecule has 0 fully saturated rings. The van der Waals surface area contributed by atoms with E-state index in [1.165, 1.54) is 12.1 Å². The number of hydrogen-bond donors (Lipinski definition) is 1. The van der Waals surface area contributed by atoms with Gasteiger partial charge in [-0.25, -0.2) is 0 Å². The van der Waals surface area contributed by atoms with Gasteiger partial charge in [-0.1, -0.05) is 91.0 Å². The Kier molecular flexibility index (Phi) is 29.5. The van der Waals surface area contributed by atoms with Gasteiger partial charge in [0.2, 0.25) is 0 Å². The Morgan fingerprint density at radius 1 is 0.368 bits per heavy atom. The van der Waals surface area contributed by atoms with Gasteiger partial charge < -0.3 is 62.2 Å². The van der Waals surface area contributed by atoms with Gasteiger partial charge in [-0.05, 0) is 22.8 Å². The number of benzene rings is 4. The molecule has 0 amide bonds. The molecule has 19 nitrogen and oxygen atoms in total. The minimum Gasteiger partial charge on any atom is -0.377 e. The van der Waals surface area contributed by atoms with Crippen LogP contribution in [0.4, 0.5) is 17.1 Å². The molecule has 0 saturated heterocycles. The number of ether oxygens (including phenoxy) is 12. The highest BCUT2D eigenvalue weighted by Crippen LogP contribution is 2.40. The molecule has 0 aliphatic carbocycles. The Morgan fingerprint density at radius 3 is 0.956 bits per heavy atom. The van der Waals surface area contributed by atoms with Crippen molar-refractivity contribution in [1.29, 1.82) is 0 Å². The molecule has 68 heavy (non-hydrogen) atoms. The van der Waals surface area contributed by atoms with Gasteiger partial charge in [-0.2, -0.15) is 0 Å². The fourth-order valence-corrected chi connectivity index (χ4v) is 6.52. The van der Waals surface area contributed by atoms with Crippen molar-refractivity contribution in [1.82, 2.24) is 0 Å². The number of rotatable bonds is 43. The third-order valence-electron chi connectivity index (χ3n) is 9.76. The zero-order chi connectivity index (χ0) is 48.0. The first-order valence-corrected chi connectivity index (χ1v) is 22.8. The number of nitro benzene ring substituents is 2. The van der Waals surface area contributed by atoms with Crippen LogP contribution in [0.5, 0.6) is 0 Å². The van der Waals surface area contributed by atoms with Crippen LogP contribution in [-0.2, 0) is 62.4 Å². The van der Waals surface area contributed by atoms with Crippen molar-refractivity contribution in [3.63, 3.8) is 0 Å². The predicted molar refractivity (Wildman–Crippen MR) is 252 cm³/mol. The molecule has 19 heteroatoms. The van der Waals surface area contributed by atoms with E-state index in [4.69, 9.17) is 56.8 Å². The fraction of sp³-hybridized carbons (Fsp3) is 0.510. The molecule has 0 unspecified atom stereocenters. The van der Waals surface area contributed by atoms with Crippen molar-refractivity contribution in [2.45, 2.75) is 5.60 Å². The number of nitrogens with one attached hydrogen (secondary N) is 1. The molecule has 0 heterocycles. The van der Waals surface area contributed by atoms with Crippen LogP contribution in [0.1, 0.15) is 16.7 Å².